The van der Waals surface area contributed by atoms with Crippen molar-refractivity contribution in [3.05, 3.63) is 70.3 Å². The Morgan fingerprint density at radius 1 is 1.00 bits per heavy atom. The van der Waals surface area contributed by atoms with E-state index in [2.05, 4.69) is 49.4 Å². The highest BCUT2D eigenvalue weighted by Crippen LogP contribution is 2.26. The second kappa shape index (κ2) is 5.18. The van der Waals surface area contributed by atoms with Crippen LogP contribution >= 0.6 is 0 Å². The molecule has 2 aromatic rings. The van der Waals surface area contributed by atoms with Gasteiger partial charge in [-0.1, -0.05) is 48.0 Å². The quantitative estimate of drug-likeness (QED) is 0.884. The molecule has 0 aromatic heterocycles. The Morgan fingerprint density at radius 3 is 2.53 bits per heavy atom. The number of nitrogens with two attached hydrogens (primary N) is 1. The lowest BCUT2D eigenvalue weighted by molar-refractivity contribution is 0.720. The van der Waals surface area contributed by atoms with Crippen molar-refractivity contribution in [1.29, 1.82) is 0 Å². The Kier molecular flexibility index (Phi) is 3.39. The van der Waals surface area contributed by atoms with Gasteiger partial charge in [0, 0.05) is 6.04 Å². The van der Waals surface area contributed by atoms with E-state index in [9.17, 15) is 0 Å². The standard InChI is InChI=1S/C18H21N/c1-13-5-7-14(8-6-13)11-18(19)17-10-9-15-3-2-4-16(15)12-17/h5-10,12,18H,2-4,11,19H2,1H3. The molecule has 0 amide bonds. The summed E-state index contributed by atoms with van der Waals surface area (Å²) in [5.74, 6) is 0. The smallest absolute Gasteiger partial charge is 0.0335 e. The van der Waals surface area contributed by atoms with Gasteiger partial charge in [0.15, 0.2) is 0 Å². The molecule has 0 saturated heterocycles. The highest BCUT2D eigenvalue weighted by atomic mass is 14.6. The molecular weight excluding hydrogens is 230 g/mol. The van der Waals surface area contributed by atoms with Crippen molar-refractivity contribution < 1.29 is 0 Å². The first-order valence-electron chi connectivity index (χ1n) is 7.15. The van der Waals surface area contributed by atoms with Gasteiger partial charge in [-0.2, -0.15) is 0 Å². The van der Waals surface area contributed by atoms with E-state index in [-0.39, 0.29) is 6.04 Å². The summed E-state index contributed by atoms with van der Waals surface area (Å²) in [5.41, 5.74) is 13.3. The molecule has 1 nitrogen and oxygen atoms in total. The summed E-state index contributed by atoms with van der Waals surface area (Å²) in [4.78, 5) is 0. The summed E-state index contributed by atoms with van der Waals surface area (Å²) in [6, 6.07) is 15.6. The number of benzene rings is 2. The van der Waals surface area contributed by atoms with Crippen molar-refractivity contribution >= 4 is 0 Å². The summed E-state index contributed by atoms with van der Waals surface area (Å²) in [6.45, 7) is 2.12. The van der Waals surface area contributed by atoms with Crippen LogP contribution in [0.3, 0.4) is 0 Å². The number of fused-ring (bicyclic) bond motifs is 1. The van der Waals surface area contributed by atoms with Gasteiger partial charge in [0.1, 0.15) is 0 Å². The van der Waals surface area contributed by atoms with E-state index >= 15 is 0 Å². The molecule has 1 aliphatic carbocycles. The molecule has 0 fully saturated rings. The molecule has 98 valence electrons. The Labute approximate surface area is 115 Å². The Hall–Kier alpha value is -1.60. The van der Waals surface area contributed by atoms with Gasteiger partial charge in [-0.15, -0.1) is 0 Å². The molecule has 1 atom stereocenters. The van der Waals surface area contributed by atoms with Crippen LogP contribution in [0.5, 0.6) is 0 Å². The SMILES string of the molecule is Cc1ccc(CC(N)c2ccc3c(c2)CCC3)cc1. The molecule has 1 aliphatic rings. The molecule has 0 bridgehead atoms. The molecule has 0 aliphatic heterocycles. The van der Waals surface area contributed by atoms with Crippen LogP contribution < -0.4 is 5.73 Å². The first-order chi connectivity index (χ1) is 9.22. The fraction of sp³-hybridized carbons (Fsp3) is 0.333. The fourth-order valence-corrected chi connectivity index (χ4v) is 2.92. The summed E-state index contributed by atoms with van der Waals surface area (Å²) < 4.78 is 0. The van der Waals surface area contributed by atoms with Crippen LogP contribution in [-0.2, 0) is 19.3 Å². The van der Waals surface area contributed by atoms with Crippen molar-refractivity contribution in [3.63, 3.8) is 0 Å². The van der Waals surface area contributed by atoms with Crippen LogP contribution in [0, 0.1) is 6.92 Å². The Bertz CT molecular complexity index is 569. The van der Waals surface area contributed by atoms with Gasteiger partial charge in [-0.05, 0) is 54.9 Å². The van der Waals surface area contributed by atoms with Crippen LogP contribution in [0.4, 0.5) is 0 Å². The monoisotopic (exact) mass is 251 g/mol. The zero-order chi connectivity index (χ0) is 13.2. The summed E-state index contributed by atoms with van der Waals surface area (Å²) in [5, 5.41) is 0. The predicted molar refractivity (Wildman–Crippen MR) is 80.3 cm³/mol. The molecule has 19 heavy (non-hydrogen) atoms. The normalized spacial score (nSPS) is 15.3. The van der Waals surface area contributed by atoms with Gasteiger partial charge in [0.2, 0.25) is 0 Å². The molecule has 3 rings (SSSR count). The minimum absolute atomic E-state index is 0.105. The van der Waals surface area contributed by atoms with E-state index in [0.717, 1.165) is 6.42 Å². The first-order valence-corrected chi connectivity index (χ1v) is 7.15. The maximum atomic E-state index is 6.36. The third-order valence-electron chi connectivity index (χ3n) is 4.13. The van der Waals surface area contributed by atoms with Crippen molar-refractivity contribution in [1.82, 2.24) is 0 Å². The molecule has 0 heterocycles. The molecule has 2 aromatic carbocycles. The average Bonchev–Trinajstić information content (AvgIpc) is 2.88. The highest BCUT2D eigenvalue weighted by molar-refractivity contribution is 5.37. The van der Waals surface area contributed by atoms with Crippen LogP contribution in [0.25, 0.3) is 0 Å². The third kappa shape index (κ3) is 2.71. The second-order valence-electron chi connectivity index (χ2n) is 5.68. The fourth-order valence-electron chi connectivity index (χ4n) is 2.92. The highest BCUT2D eigenvalue weighted by Gasteiger charge is 2.14. The van der Waals surface area contributed by atoms with E-state index in [1.54, 1.807) is 0 Å². The maximum Gasteiger partial charge on any atom is 0.0335 e. The zero-order valence-electron chi connectivity index (χ0n) is 11.5. The summed E-state index contributed by atoms with van der Waals surface area (Å²) in [6.07, 6.45) is 4.67. The second-order valence-corrected chi connectivity index (χ2v) is 5.68. The molecular formula is C18H21N. The molecule has 2 N–H and O–H groups in total. The minimum Gasteiger partial charge on any atom is -0.324 e. The van der Waals surface area contributed by atoms with Crippen molar-refractivity contribution in [2.75, 3.05) is 0 Å². The largest absolute Gasteiger partial charge is 0.324 e. The third-order valence-corrected chi connectivity index (χ3v) is 4.13. The molecule has 0 spiro atoms. The zero-order valence-corrected chi connectivity index (χ0v) is 11.5. The van der Waals surface area contributed by atoms with E-state index in [4.69, 9.17) is 5.73 Å². The van der Waals surface area contributed by atoms with Crippen LogP contribution in [0.2, 0.25) is 0 Å². The summed E-state index contributed by atoms with van der Waals surface area (Å²) >= 11 is 0. The van der Waals surface area contributed by atoms with Gasteiger partial charge in [-0.3, -0.25) is 0 Å². The lowest BCUT2D eigenvalue weighted by atomic mass is 9.96. The van der Waals surface area contributed by atoms with Crippen LogP contribution in [-0.4, -0.2) is 0 Å². The van der Waals surface area contributed by atoms with Gasteiger partial charge < -0.3 is 5.73 Å². The van der Waals surface area contributed by atoms with Gasteiger partial charge in [-0.25, -0.2) is 0 Å². The van der Waals surface area contributed by atoms with Gasteiger partial charge in [0.25, 0.3) is 0 Å². The van der Waals surface area contributed by atoms with Crippen molar-refractivity contribution in [2.45, 2.75) is 38.6 Å². The number of hydrogen-bond acceptors (Lipinski definition) is 1. The lowest BCUT2D eigenvalue weighted by Gasteiger charge is -2.14. The van der Waals surface area contributed by atoms with Crippen molar-refractivity contribution in [3.8, 4) is 0 Å². The van der Waals surface area contributed by atoms with E-state index in [0.29, 0.717) is 0 Å². The topological polar surface area (TPSA) is 26.0 Å². The van der Waals surface area contributed by atoms with Crippen LogP contribution in [0.1, 0.15) is 40.3 Å². The average molecular weight is 251 g/mol. The molecule has 1 heteroatoms. The number of aryl methyl sites for hydroxylation is 3. The van der Waals surface area contributed by atoms with Gasteiger partial charge in [0.05, 0.1) is 0 Å². The Morgan fingerprint density at radius 2 is 1.74 bits per heavy atom. The predicted octanol–water partition coefficient (Wildman–Crippen LogP) is 3.73. The van der Waals surface area contributed by atoms with Crippen molar-refractivity contribution in [2.24, 2.45) is 5.73 Å². The molecule has 1 unspecified atom stereocenters. The molecule has 0 saturated carbocycles. The van der Waals surface area contributed by atoms with Crippen LogP contribution in [0.15, 0.2) is 42.5 Å². The minimum atomic E-state index is 0.105. The summed E-state index contributed by atoms with van der Waals surface area (Å²) in [7, 11) is 0. The first kappa shape index (κ1) is 12.4. The van der Waals surface area contributed by atoms with E-state index < -0.39 is 0 Å². The number of rotatable bonds is 3. The van der Waals surface area contributed by atoms with E-state index in [1.165, 1.54) is 47.1 Å². The van der Waals surface area contributed by atoms with Gasteiger partial charge >= 0.3 is 0 Å². The van der Waals surface area contributed by atoms with E-state index in [1.807, 2.05) is 0 Å². The number of hydrogen-bond donors (Lipinski definition) is 1. The maximum absolute atomic E-state index is 6.36. The lowest BCUT2D eigenvalue weighted by Crippen LogP contribution is -2.13. The molecule has 0 radical (unpaired) electrons. The Balaban J connectivity index is 1.76.